The van der Waals surface area contributed by atoms with E-state index in [0.717, 1.165) is 25.7 Å². The highest BCUT2D eigenvalue weighted by Gasteiger charge is 2.13. The SMILES string of the molecule is CCCCC(CC)CS(=O)c1ccc(N)c(F)c1. The molecular weight excluding hydrogens is 249 g/mol. The standard InChI is InChI=1S/C14H22FNOS/c1-3-5-6-11(4-2)10-18(17)12-7-8-14(16)13(15)9-12/h7-9,11H,3-6,10,16H2,1-2H3. The zero-order chi connectivity index (χ0) is 13.5. The van der Waals surface area contributed by atoms with E-state index in [0.29, 0.717) is 16.6 Å². The normalized spacial score (nSPS) is 14.4. The van der Waals surface area contributed by atoms with Crippen LogP contribution in [0.15, 0.2) is 23.1 Å². The van der Waals surface area contributed by atoms with E-state index in [1.54, 1.807) is 6.07 Å². The molecule has 0 spiro atoms. The highest BCUT2D eigenvalue weighted by Crippen LogP contribution is 2.20. The van der Waals surface area contributed by atoms with Gasteiger partial charge in [-0.25, -0.2) is 4.39 Å². The van der Waals surface area contributed by atoms with Crippen LogP contribution in [0.4, 0.5) is 10.1 Å². The predicted molar refractivity (Wildman–Crippen MR) is 75.4 cm³/mol. The van der Waals surface area contributed by atoms with E-state index in [1.165, 1.54) is 12.1 Å². The molecule has 1 aromatic rings. The van der Waals surface area contributed by atoms with Crippen LogP contribution in [-0.4, -0.2) is 9.96 Å². The molecule has 2 nitrogen and oxygen atoms in total. The minimum Gasteiger partial charge on any atom is -0.396 e. The molecule has 1 rings (SSSR count). The monoisotopic (exact) mass is 271 g/mol. The number of halogens is 1. The molecule has 0 saturated heterocycles. The Bertz CT molecular complexity index is 409. The molecule has 18 heavy (non-hydrogen) atoms. The summed E-state index contributed by atoms with van der Waals surface area (Å²) >= 11 is 0. The molecule has 2 unspecified atom stereocenters. The summed E-state index contributed by atoms with van der Waals surface area (Å²) in [6.07, 6.45) is 4.42. The molecule has 0 aliphatic rings. The third-order valence-corrected chi connectivity index (χ3v) is 4.72. The molecule has 1 aromatic carbocycles. The predicted octanol–water partition coefficient (Wildman–Crippen LogP) is 3.73. The van der Waals surface area contributed by atoms with E-state index in [9.17, 15) is 8.60 Å². The van der Waals surface area contributed by atoms with Gasteiger partial charge in [-0.3, -0.25) is 4.21 Å². The average molecular weight is 271 g/mol. The zero-order valence-corrected chi connectivity index (χ0v) is 11.9. The maximum absolute atomic E-state index is 13.3. The van der Waals surface area contributed by atoms with Gasteiger partial charge in [-0.05, 0) is 30.5 Å². The first-order valence-corrected chi connectivity index (χ1v) is 7.83. The fourth-order valence-electron chi connectivity index (χ4n) is 1.86. The first kappa shape index (κ1) is 15.2. The quantitative estimate of drug-likeness (QED) is 0.768. The molecule has 0 bridgehead atoms. The molecule has 0 aliphatic heterocycles. The van der Waals surface area contributed by atoms with Gasteiger partial charge >= 0.3 is 0 Å². The number of nitrogens with two attached hydrogens (primary N) is 1. The van der Waals surface area contributed by atoms with Gasteiger partial charge in [-0.15, -0.1) is 0 Å². The topological polar surface area (TPSA) is 43.1 Å². The van der Waals surface area contributed by atoms with Crippen molar-refractivity contribution in [1.82, 2.24) is 0 Å². The van der Waals surface area contributed by atoms with Gasteiger partial charge in [-0.1, -0.05) is 33.1 Å². The smallest absolute Gasteiger partial charge is 0.147 e. The lowest BCUT2D eigenvalue weighted by Crippen LogP contribution is -2.11. The van der Waals surface area contributed by atoms with E-state index < -0.39 is 16.6 Å². The Labute approximate surface area is 111 Å². The van der Waals surface area contributed by atoms with Crippen LogP contribution in [0, 0.1) is 11.7 Å². The number of anilines is 1. The molecule has 0 radical (unpaired) electrons. The molecule has 4 heteroatoms. The van der Waals surface area contributed by atoms with Crippen molar-refractivity contribution in [3.63, 3.8) is 0 Å². The van der Waals surface area contributed by atoms with Crippen molar-refractivity contribution in [3.05, 3.63) is 24.0 Å². The highest BCUT2D eigenvalue weighted by molar-refractivity contribution is 7.85. The average Bonchev–Trinajstić information content (AvgIpc) is 2.37. The summed E-state index contributed by atoms with van der Waals surface area (Å²) in [6, 6.07) is 4.43. The minimum atomic E-state index is -1.13. The van der Waals surface area contributed by atoms with Gasteiger partial charge in [0.15, 0.2) is 0 Å². The van der Waals surface area contributed by atoms with Crippen molar-refractivity contribution in [2.24, 2.45) is 5.92 Å². The molecular formula is C14H22FNOS. The molecule has 0 aliphatic carbocycles. The highest BCUT2D eigenvalue weighted by atomic mass is 32.2. The molecule has 0 amide bonds. The molecule has 2 atom stereocenters. The summed E-state index contributed by atoms with van der Waals surface area (Å²) in [5.41, 5.74) is 5.51. The number of unbranched alkanes of at least 4 members (excludes halogenated alkanes) is 1. The van der Waals surface area contributed by atoms with Crippen LogP contribution in [0.3, 0.4) is 0 Å². The summed E-state index contributed by atoms with van der Waals surface area (Å²) in [4.78, 5) is 0.539. The lowest BCUT2D eigenvalue weighted by atomic mass is 10.0. The fraction of sp³-hybridized carbons (Fsp3) is 0.571. The molecule has 0 saturated carbocycles. The lowest BCUT2D eigenvalue weighted by molar-refractivity contribution is 0.494. The van der Waals surface area contributed by atoms with E-state index >= 15 is 0 Å². The van der Waals surface area contributed by atoms with Crippen molar-refractivity contribution in [2.45, 2.75) is 44.4 Å². The molecule has 0 heterocycles. The number of hydrogen-bond donors (Lipinski definition) is 1. The van der Waals surface area contributed by atoms with E-state index in [-0.39, 0.29) is 5.69 Å². The van der Waals surface area contributed by atoms with Gasteiger partial charge in [0.2, 0.25) is 0 Å². The van der Waals surface area contributed by atoms with Crippen LogP contribution in [0.2, 0.25) is 0 Å². The Hall–Kier alpha value is -0.900. The van der Waals surface area contributed by atoms with Gasteiger partial charge in [0.25, 0.3) is 0 Å². The van der Waals surface area contributed by atoms with Crippen LogP contribution in [0.5, 0.6) is 0 Å². The summed E-state index contributed by atoms with van der Waals surface area (Å²) in [5.74, 6) is 0.578. The van der Waals surface area contributed by atoms with Gasteiger partial charge in [0.05, 0.1) is 16.5 Å². The van der Waals surface area contributed by atoms with Crippen LogP contribution < -0.4 is 5.73 Å². The molecule has 0 fully saturated rings. The van der Waals surface area contributed by atoms with Gasteiger partial charge in [0.1, 0.15) is 5.82 Å². The van der Waals surface area contributed by atoms with E-state index in [4.69, 9.17) is 5.73 Å². The van der Waals surface area contributed by atoms with Crippen LogP contribution >= 0.6 is 0 Å². The van der Waals surface area contributed by atoms with Crippen molar-refractivity contribution < 1.29 is 8.60 Å². The summed E-state index contributed by atoms with van der Waals surface area (Å²) in [7, 11) is -1.13. The lowest BCUT2D eigenvalue weighted by Gasteiger charge is -2.14. The second-order valence-electron chi connectivity index (χ2n) is 4.61. The summed E-state index contributed by atoms with van der Waals surface area (Å²) < 4.78 is 25.4. The second-order valence-corrected chi connectivity index (χ2v) is 6.11. The maximum atomic E-state index is 13.3. The first-order valence-electron chi connectivity index (χ1n) is 6.51. The summed E-state index contributed by atoms with van der Waals surface area (Å²) in [6.45, 7) is 4.26. The van der Waals surface area contributed by atoms with Gasteiger partial charge in [-0.2, -0.15) is 0 Å². The molecule has 0 aromatic heterocycles. The minimum absolute atomic E-state index is 0.105. The van der Waals surface area contributed by atoms with Crippen LogP contribution in [-0.2, 0) is 10.8 Å². The van der Waals surface area contributed by atoms with Crippen molar-refractivity contribution in [1.29, 1.82) is 0 Å². The van der Waals surface area contributed by atoms with E-state index in [2.05, 4.69) is 13.8 Å². The van der Waals surface area contributed by atoms with Crippen molar-refractivity contribution in [2.75, 3.05) is 11.5 Å². The zero-order valence-electron chi connectivity index (χ0n) is 11.1. The Morgan fingerprint density at radius 1 is 1.39 bits per heavy atom. The number of nitrogen functional groups attached to an aromatic ring is 1. The van der Waals surface area contributed by atoms with Crippen LogP contribution in [0.1, 0.15) is 39.5 Å². The van der Waals surface area contributed by atoms with E-state index in [1.807, 2.05) is 0 Å². The second kappa shape index (κ2) is 7.52. The Morgan fingerprint density at radius 2 is 2.11 bits per heavy atom. The number of hydrogen-bond acceptors (Lipinski definition) is 2. The third-order valence-electron chi connectivity index (χ3n) is 3.17. The van der Waals surface area contributed by atoms with Crippen molar-refractivity contribution in [3.8, 4) is 0 Å². The number of rotatable bonds is 7. The Morgan fingerprint density at radius 3 is 2.67 bits per heavy atom. The fourth-order valence-corrected chi connectivity index (χ4v) is 3.34. The Kier molecular flexibility index (Phi) is 6.33. The van der Waals surface area contributed by atoms with Gasteiger partial charge < -0.3 is 5.73 Å². The first-order chi connectivity index (χ1) is 8.58. The Balaban J connectivity index is 2.65. The maximum Gasteiger partial charge on any atom is 0.147 e. The molecule has 102 valence electrons. The third kappa shape index (κ3) is 4.41. The van der Waals surface area contributed by atoms with Crippen LogP contribution in [0.25, 0.3) is 0 Å². The van der Waals surface area contributed by atoms with Crippen molar-refractivity contribution >= 4 is 16.5 Å². The molecule has 2 N–H and O–H groups in total. The summed E-state index contributed by atoms with van der Waals surface area (Å²) in [5, 5.41) is 0. The largest absolute Gasteiger partial charge is 0.396 e. The number of benzene rings is 1. The van der Waals surface area contributed by atoms with Gasteiger partial charge in [0, 0.05) is 10.6 Å².